The minimum atomic E-state index is -2.77. The van der Waals surface area contributed by atoms with Crippen molar-refractivity contribution in [2.75, 3.05) is 28.8 Å². The predicted molar refractivity (Wildman–Crippen MR) is 134 cm³/mol. The molecule has 12 heteroatoms. The first-order chi connectivity index (χ1) is 17.2. The van der Waals surface area contributed by atoms with E-state index in [1.807, 2.05) is 13.8 Å². The quantitative estimate of drug-likeness (QED) is 0.316. The van der Waals surface area contributed by atoms with E-state index in [2.05, 4.69) is 20.6 Å². The molecule has 4 N–H and O–H groups in total. The second-order valence-electron chi connectivity index (χ2n) is 8.77. The zero-order valence-corrected chi connectivity index (χ0v) is 20.4. The van der Waals surface area contributed by atoms with E-state index >= 15 is 0 Å². The van der Waals surface area contributed by atoms with Gasteiger partial charge in [-0.2, -0.15) is 4.98 Å². The lowest BCUT2D eigenvalue weighted by atomic mass is 10.0. The fraction of sp³-hybridized carbons (Fsp3) is 0.458. The Morgan fingerprint density at radius 1 is 1.36 bits per heavy atom. The van der Waals surface area contributed by atoms with E-state index in [1.165, 1.54) is 18.2 Å². The summed E-state index contributed by atoms with van der Waals surface area (Å²) in [6.07, 6.45) is 2.74. The Morgan fingerprint density at radius 2 is 2.14 bits per heavy atom. The van der Waals surface area contributed by atoms with Crippen molar-refractivity contribution in [2.45, 2.75) is 57.5 Å². The van der Waals surface area contributed by atoms with E-state index < -0.39 is 18.0 Å². The normalized spacial score (nSPS) is 20.6. The molecule has 0 radical (unpaired) electrons. The first-order valence-electron chi connectivity index (χ1n) is 11.9. The van der Waals surface area contributed by atoms with Crippen molar-refractivity contribution in [2.24, 2.45) is 0 Å². The smallest absolute Gasteiger partial charge is 0.251 e. The lowest BCUT2D eigenvalue weighted by Gasteiger charge is -2.44. The van der Waals surface area contributed by atoms with Gasteiger partial charge in [-0.15, -0.1) is 0 Å². The van der Waals surface area contributed by atoms with Crippen molar-refractivity contribution >= 4 is 41.2 Å². The van der Waals surface area contributed by atoms with Crippen LogP contribution in [0.5, 0.6) is 5.75 Å². The molecule has 1 aliphatic carbocycles. The molecule has 1 unspecified atom stereocenters. The Bertz CT molecular complexity index is 1170. The number of benzene rings is 1. The fourth-order valence-electron chi connectivity index (χ4n) is 4.80. The highest BCUT2D eigenvalue weighted by Crippen LogP contribution is 2.44. The molecule has 10 nitrogen and oxygen atoms in total. The monoisotopic (exact) mass is 500 g/mol. The summed E-state index contributed by atoms with van der Waals surface area (Å²) in [5, 5.41) is 22.3. The van der Waals surface area contributed by atoms with Crippen molar-refractivity contribution in [3.05, 3.63) is 30.0 Å². The van der Waals surface area contributed by atoms with Crippen LogP contribution in [0.2, 0.25) is 0 Å². The molecule has 0 saturated heterocycles. The van der Waals surface area contributed by atoms with E-state index in [9.17, 15) is 13.6 Å². The van der Waals surface area contributed by atoms with Crippen LogP contribution in [0.25, 0.3) is 0 Å². The second kappa shape index (κ2) is 10.0. The fourth-order valence-corrected chi connectivity index (χ4v) is 4.80. The van der Waals surface area contributed by atoms with Gasteiger partial charge in [-0.05, 0) is 38.0 Å². The van der Waals surface area contributed by atoms with Crippen LogP contribution in [0.1, 0.15) is 49.9 Å². The standard InChI is InChI=1S/C24H30F2N8O2/c1-4-17-20(28)33(13-27)18-12-30-23(32-21(18)34(17)15-8-9-24(25,26)11-15)31-16-7-6-14(10-19(16)36-3)22(35)29-5-2/h6-7,10,12-13,15,17,27-28H,4-5,8-9,11H2,1-3H3,(H,29,35)(H,30,31,32)/t15-,17?/m1/s1. The van der Waals surface area contributed by atoms with Gasteiger partial charge in [0.2, 0.25) is 11.9 Å². The molecule has 2 atom stereocenters. The Hall–Kier alpha value is -3.83. The third-order valence-corrected chi connectivity index (χ3v) is 6.50. The average Bonchev–Trinajstić information content (AvgIpc) is 3.22. The molecular weight excluding hydrogens is 470 g/mol. The lowest BCUT2D eigenvalue weighted by Crippen LogP contribution is -2.56. The molecule has 1 aromatic heterocycles. The molecule has 0 spiro atoms. The molecule has 2 heterocycles. The van der Waals surface area contributed by atoms with Crippen molar-refractivity contribution in [3.8, 4) is 5.75 Å². The highest BCUT2D eigenvalue weighted by Gasteiger charge is 2.47. The lowest BCUT2D eigenvalue weighted by molar-refractivity contribution is 0.00762. The highest BCUT2D eigenvalue weighted by molar-refractivity contribution is 6.16. The molecular formula is C24H30F2N8O2. The zero-order valence-electron chi connectivity index (χ0n) is 20.4. The van der Waals surface area contributed by atoms with Crippen LogP contribution in [0, 0.1) is 10.8 Å². The SMILES string of the molecule is CCNC(=O)c1ccc(Nc2ncc3c(n2)N([C@@H]2CCC(F)(F)C2)C(CC)C(=N)N3C=N)c(OC)c1. The minimum Gasteiger partial charge on any atom is -0.495 e. The number of amides is 1. The summed E-state index contributed by atoms with van der Waals surface area (Å²) in [4.78, 5) is 24.4. The average molecular weight is 501 g/mol. The van der Waals surface area contributed by atoms with Crippen molar-refractivity contribution in [1.82, 2.24) is 15.3 Å². The van der Waals surface area contributed by atoms with E-state index in [-0.39, 0.29) is 37.0 Å². The molecule has 1 aliphatic heterocycles. The summed E-state index contributed by atoms with van der Waals surface area (Å²) >= 11 is 0. The maximum absolute atomic E-state index is 14.2. The first-order valence-corrected chi connectivity index (χ1v) is 11.9. The number of fused-ring (bicyclic) bond motifs is 1. The molecule has 36 heavy (non-hydrogen) atoms. The van der Waals surface area contributed by atoms with Gasteiger partial charge in [0.05, 0.1) is 31.4 Å². The number of amidine groups is 1. The topological polar surface area (TPSA) is 130 Å². The van der Waals surface area contributed by atoms with Crippen LogP contribution in [-0.2, 0) is 0 Å². The summed E-state index contributed by atoms with van der Waals surface area (Å²) in [6.45, 7) is 4.21. The van der Waals surface area contributed by atoms with Gasteiger partial charge in [0.1, 0.15) is 17.3 Å². The van der Waals surface area contributed by atoms with Crippen LogP contribution in [0.4, 0.5) is 31.9 Å². The van der Waals surface area contributed by atoms with E-state index in [0.29, 0.717) is 41.5 Å². The van der Waals surface area contributed by atoms with Crippen LogP contribution < -0.4 is 25.2 Å². The number of nitrogens with one attached hydrogen (secondary N) is 4. The number of aromatic nitrogens is 2. The summed E-state index contributed by atoms with van der Waals surface area (Å²) < 4.78 is 33.8. The van der Waals surface area contributed by atoms with Crippen molar-refractivity contribution < 1.29 is 18.3 Å². The van der Waals surface area contributed by atoms with E-state index in [0.717, 1.165) is 6.34 Å². The Labute approximate surface area is 208 Å². The largest absolute Gasteiger partial charge is 0.495 e. The van der Waals surface area contributed by atoms with Gasteiger partial charge in [-0.3, -0.25) is 20.5 Å². The molecule has 1 fully saturated rings. The molecule has 0 bridgehead atoms. The van der Waals surface area contributed by atoms with Crippen molar-refractivity contribution in [3.63, 3.8) is 0 Å². The van der Waals surface area contributed by atoms with Crippen LogP contribution >= 0.6 is 0 Å². The molecule has 2 aromatic rings. The van der Waals surface area contributed by atoms with E-state index in [4.69, 9.17) is 15.6 Å². The van der Waals surface area contributed by atoms with Crippen molar-refractivity contribution in [1.29, 1.82) is 10.8 Å². The number of nitrogens with zero attached hydrogens (tertiary/aromatic N) is 4. The Balaban J connectivity index is 1.72. The molecule has 4 rings (SSSR count). The molecule has 1 saturated carbocycles. The third-order valence-electron chi connectivity index (χ3n) is 6.50. The van der Waals surface area contributed by atoms with Gasteiger partial charge in [0.15, 0.2) is 5.82 Å². The maximum Gasteiger partial charge on any atom is 0.251 e. The molecule has 1 amide bonds. The Morgan fingerprint density at radius 3 is 2.75 bits per heavy atom. The van der Waals surface area contributed by atoms with Gasteiger partial charge in [0, 0.05) is 31.0 Å². The molecule has 1 aromatic carbocycles. The highest BCUT2D eigenvalue weighted by atomic mass is 19.3. The number of alkyl halides is 2. The van der Waals surface area contributed by atoms with E-state index in [1.54, 1.807) is 23.1 Å². The third kappa shape index (κ3) is 4.67. The Kier molecular flexibility index (Phi) is 7.04. The number of anilines is 4. The number of methoxy groups -OCH3 is 1. The van der Waals surface area contributed by atoms with Crippen LogP contribution in [-0.4, -0.2) is 59.7 Å². The first kappa shape index (κ1) is 25.3. The summed E-state index contributed by atoms with van der Waals surface area (Å²) in [7, 11) is 1.48. The number of ether oxygens (including phenoxy) is 1. The van der Waals surface area contributed by atoms with Gasteiger partial charge >= 0.3 is 0 Å². The number of halogens is 2. The second-order valence-corrected chi connectivity index (χ2v) is 8.77. The predicted octanol–water partition coefficient (Wildman–Crippen LogP) is 4.16. The van der Waals surface area contributed by atoms with Gasteiger partial charge in [-0.25, -0.2) is 13.8 Å². The zero-order chi connectivity index (χ0) is 26.0. The van der Waals surface area contributed by atoms with Gasteiger partial charge in [-0.1, -0.05) is 6.92 Å². The van der Waals surface area contributed by atoms with Gasteiger partial charge < -0.3 is 20.3 Å². The van der Waals surface area contributed by atoms with Crippen LogP contribution in [0.3, 0.4) is 0 Å². The molecule has 192 valence electrons. The number of hydrogen-bond donors (Lipinski definition) is 4. The van der Waals surface area contributed by atoms with Crippen LogP contribution in [0.15, 0.2) is 24.4 Å². The summed E-state index contributed by atoms with van der Waals surface area (Å²) in [6, 6.07) is 3.92. The number of carbonyl (C=O) groups is 1. The van der Waals surface area contributed by atoms with Gasteiger partial charge in [0.25, 0.3) is 5.91 Å². The number of rotatable bonds is 8. The number of carbonyl (C=O) groups excluding carboxylic acids is 1. The minimum absolute atomic E-state index is 0.127. The maximum atomic E-state index is 14.2. The number of hydrogen-bond acceptors (Lipinski definition) is 8. The summed E-state index contributed by atoms with van der Waals surface area (Å²) in [5.41, 5.74) is 1.34. The summed E-state index contributed by atoms with van der Waals surface area (Å²) in [5.74, 6) is -1.88. The molecule has 2 aliphatic rings.